The monoisotopic (exact) mass is 354 g/mol. The molecule has 0 bridgehead atoms. The first-order valence-corrected chi connectivity index (χ1v) is 7.23. The second-order valence-corrected chi connectivity index (χ2v) is 5.47. The molecule has 112 valence electrons. The second kappa shape index (κ2) is 6.91. The predicted molar refractivity (Wildman–Crippen MR) is 82.1 cm³/mol. The number of methoxy groups -OCH3 is 1. The van der Waals surface area contributed by atoms with Gasteiger partial charge in [0.15, 0.2) is 11.5 Å². The summed E-state index contributed by atoms with van der Waals surface area (Å²) >= 11 is 3.30. The molecule has 0 spiro atoms. The van der Waals surface area contributed by atoms with E-state index in [1.807, 2.05) is 0 Å². The van der Waals surface area contributed by atoms with Crippen molar-refractivity contribution in [3.63, 3.8) is 0 Å². The van der Waals surface area contributed by atoms with Gasteiger partial charge in [0.05, 0.1) is 13.2 Å². The molecule has 1 atom stereocenters. The van der Waals surface area contributed by atoms with E-state index in [0.717, 1.165) is 11.1 Å². The average Bonchev–Trinajstić information content (AvgIpc) is 2.46. The largest absolute Gasteiger partial charge is 0.493 e. The Morgan fingerprint density at radius 2 is 1.95 bits per heavy atom. The van der Waals surface area contributed by atoms with Crippen molar-refractivity contribution in [2.45, 2.75) is 19.6 Å². The quantitative estimate of drug-likeness (QED) is 0.873. The molecule has 0 saturated heterocycles. The molecule has 0 amide bonds. The van der Waals surface area contributed by atoms with E-state index in [2.05, 4.69) is 15.9 Å². The zero-order valence-corrected chi connectivity index (χ0v) is 13.4. The summed E-state index contributed by atoms with van der Waals surface area (Å²) < 4.78 is 24.7. The maximum Gasteiger partial charge on any atom is 0.161 e. The van der Waals surface area contributed by atoms with Crippen molar-refractivity contribution < 1.29 is 19.0 Å². The SMILES string of the molecule is COc1cc([C@H](C)O)ccc1OCc1ccc(F)cc1Br. The fraction of sp³-hybridized carbons (Fsp3) is 0.250. The average molecular weight is 355 g/mol. The normalized spacial score (nSPS) is 12.0. The van der Waals surface area contributed by atoms with Gasteiger partial charge in [-0.3, -0.25) is 0 Å². The standard InChI is InChI=1S/C16H16BrFO3/c1-10(19)11-4-6-15(16(7-11)20-2)21-9-12-3-5-13(18)8-14(12)17/h3-8,10,19H,9H2,1-2H3/t10-/m0/s1. The molecule has 0 aliphatic heterocycles. The minimum Gasteiger partial charge on any atom is -0.493 e. The molecule has 0 saturated carbocycles. The molecule has 3 nitrogen and oxygen atoms in total. The van der Waals surface area contributed by atoms with E-state index in [4.69, 9.17) is 9.47 Å². The van der Waals surface area contributed by atoms with Crippen molar-refractivity contribution in [3.8, 4) is 11.5 Å². The number of rotatable bonds is 5. The van der Waals surface area contributed by atoms with Crippen molar-refractivity contribution >= 4 is 15.9 Å². The molecule has 21 heavy (non-hydrogen) atoms. The number of halogens is 2. The van der Waals surface area contributed by atoms with Gasteiger partial charge in [0.2, 0.25) is 0 Å². The Kier molecular flexibility index (Phi) is 5.20. The van der Waals surface area contributed by atoms with Crippen LogP contribution in [0.15, 0.2) is 40.9 Å². The number of hydrogen-bond acceptors (Lipinski definition) is 3. The maximum atomic E-state index is 13.0. The molecule has 0 aromatic heterocycles. The third kappa shape index (κ3) is 3.95. The number of aliphatic hydroxyl groups excluding tert-OH is 1. The lowest BCUT2D eigenvalue weighted by Gasteiger charge is -2.14. The number of ether oxygens (including phenoxy) is 2. The van der Waals surface area contributed by atoms with E-state index in [1.54, 1.807) is 38.3 Å². The van der Waals surface area contributed by atoms with E-state index >= 15 is 0 Å². The van der Waals surface area contributed by atoms with Gasteiger partial charge in [-0.25, -0.2) is 4.39 Å². The van der Waals surface area contributed by atoms with Gasteiger partial charge in [-0.1, -0.05) is 28.1 Å². The molecule has 2 aromatic carbocycles. The Morgan fingerprint density at radius 3 is 2.57 bits per heavy atom. The van der Waals surface area contributed by atoms with Gasteiger partial charge in [0.1, 0.15) is 12.4 Å². The summed E-state index contributed by atoms with van der Waals surface area (Å²) in [5, 5.41) is 9.57. The third-order valence-corrected chi connectivity index (χ3v) is 3.81. The highest BCUT2D eigenvalue weighted by Crippen LogP contribution is 2.31. The molecule has 0 aliphatic carbocycles. The van der Waals surface area contributed by atoms with Crippen LogP contribution in [0.1, 0.15) is 24.2 Å². The Bertz CT molecular complexity index is 629. The number of hydrogen-bond donors (Lipinski definition) is 1. The van der Waals surface area contributed by atoms with Crippen LogP contribution in [-0.4, -0.2) is 12.2 Å². The summed E-state index contributed by atoms with van der Waals surface area (Å²) in [5.41, 5.74) is 1.58. The Morgan fingerprint density at radius 1 is 1.19 bits per heavy atom. The summed E-state index contributed by atoms with van der Waals surface area (Å²) in [5.74, 6) is 0.814. The first kappa shape index (κ1) is 15.8. The lowest BCUT2D eigenvalue weighted by molar-refractivity contribution is 0.198. The van der Waals surface area contributed by atoms with Crippen molar-refractivity contribution in [1.82, 2.24) is 0 Å². The van der Waals surface area contributed by atoms with E-state index in [-0.39, 0.29) is 12.4 Å². The minimum atomic E-state index is -0.570. The number of aliphatic hydroxyl groups is 1. The van der Waals surface area contributed by atoms with Crippen LogP contribution in [0.5, 0.6) is 11.5 Å². The summed E-state index contributed by atoms with van der Waals surface area (Å²) in [4.78, 5) is 0. The van der Waals surface area contributed by atoms with Crippen molar-refractivity contribution in [2.24, 2.45) is 0 Å². The molecule has 2 aromatic rings. The van der Waals surface area contributed by atoms with Gasteiger partial charge in [-0.15, -0.1) is 0 Å². The smallest absolute Gasteiger partial charge is 0.161 e. The molecular formula is C16H16BrFO3. The second-order valence-electron chi connectivity index (χ2n) is 4.61. The van der Waals surface area contributed by atoms with Crippen LogP contribution in [0.25, 0.3) is 0 Å². The fourth-order valence-electron chi connectivity index (χ4n) is 1.86. The zero-order valence-electron chi connectivity index (χ0n) is 11.8. The summed E-state index contributed by atoms with van der Waals surface area (Å²) in [6.45, 7) is 1.97. The van der Waals surface area contributed by atoms with Crippen molar-refractivity contribution in [1.29, 1.82) is 0 Å². The topological polar surface area (TPSA) is 38.7 Å². The maximum absolute atomic E-state index is 13.0. The lowest BCUT2D eigenvalue weighted by Crippen LogP contribution is -2.00. The fourth-order valence-corrected chi connectivity index (χ4v) is 2.32. The highest BCUT2D eigenvalue weighted by atomic mass is 79.9. The summed E-state index contributed by atoms with van der Waals surface area (Å²) in [6, 6.07) is 9.71. The molecular weight excluding hydrogens is 339 g/mol. The van der Waals surface area contributed by atoms with Crippen LogP contribution < -0.4 is 9.47 Å². The van der Waals surface area contributed by atoms with Crippen molar-refractivity contribution in [2.75, 3.05) is 7.11 Å². The molecule has 0 heterocycles. The predicted octanol–water partition coefficient (Wildman–Crippen LogP) is 4.23. The highest BCUT2D eigenvalue weighted by Gasteiger charge is 2.10. The van der Waals surface area contributed by atoms with Gasteiger partial charge in [-0.2, -0.15) is 0 Å². The zero-order chi connectivity index (χ0) is 15.4. The third-order valence-electron chi connectivity index (χ3n) is 3.07. The van der Waals surface area contributed by atoms with Crippen LogP contribution in [-0.2, 0) is 6.61 Å². The van der Waals surface area contributed by atoms with E-state index in [9.17, 15) is 9.50 Å². The van der Waals surface area contributed by atoms with Gasteiger partial charge < -0.3 is 14.6 Å². The molecule has 0 unspecified atom stereocenters. The van der Waals surface area contributed by atoms with Gasteiger partial charge in [0.25, 0.3) is 0 Å². The first-order valence-electron chi connectivity index (χ1n) is 6.44. The van der Waals surface area contributed by atoms with Crippen molar-refractivity contribution in [3.05, 3.63) is 57.8 Å². The van der Waals surface area contributed by atoms with Gasteiger partial charge >= 0.3 is 0 Å². The lowest BCUT2D eigenvalue weighted by atomic mass is 10.1. The molecule has 0 aliphatic rings. The van der Waals surface area contributed by atoms with Gasteiger partial charge in [0, 0.05) is 10.0 Å². The van der Waals surface area contributed by atoms with Crippen LogP contribution >= 0.6 is 15.9 Å². The van der Waals surface area contributed by atoms with E-state index < -0.39 is 6.10 Å². The summed E-state index contributed by atoms with van der Waals surface area (Å²) in [6.07, 6.45) is -0.570. The molecule has 0 radical (unpaired) electrons. The number of benzene rings is 2. The van der Waals surface area contributed by atoms with E-state index in [1.165, 1.54) is 12.1 Å². The Hall–Kier alpha value is -1.59. The molecule has 1 N–H and O–H groups in total. The van der Waals surface area contributed by atoms with Crippen LogP contribution in [0.4, 0.5) is 4.39 Å². The molecule has 0 fully saturated rings. The Balaban J connectivity index is 2.16. The minimum absolute atomic E-state index is 0.283. The van der Waals surface area contributed by atoms with Gasteiger partial charge in [-0.05, 0) is 36.8 Å². The Labute approximate surface area is 131 Å². The van der Waals surface area contributed by atoms with Crippen LogP contribution in [0, 0.1) is 5.82 Å². The van der Waals surface area contributed by atoms with Crippen LogP contribution in [0.2, 0.25) is 0 Å². The summed E-state index contributed by atoms with van der Waals surface area (Å²) in [7, 11) is 1.54. The van der Waals surface area contributed by atoms with E-state index in [0.29, 0.717) is 16.0 Å². The van der Waals surface area contributed by atoms with Crippen LogP contribution in [0.3, 0.4) is 0 Å². The highest BCUT2D eigenvalue weighted by molar-refractivity contribution is 9.10. The molecule has 2 rings (SSSR count). The first-order chi connectivity index (χ1) is 10.0. The molecule has 5 heteroatoms.